The topological polar surface area (TPSA) is 39.1 Å². The van der Waals surface area contributed by atoms with E-state index in [9.17, 15) is 0 Å². The van der Waals surface area contributed by atoms with E-state index in [1.54, 1.807) is 0 Å². The molecule has 2 rings (SSSR count). The number of nitriles is 1. The summed E-state index contributed by atoms with van der Waals surface area (Å²) in [6.45, 7) is 0. The van der Waals surface area contributed by atoms with Crippen molar-refractivity contribution in [2.24, 2.45) is 0 Å². The quantitative estimate of drug-likeness (QED) is 0.889. The Morgan fingerprint density at radius 1 is 0.944 bits per heavy atom. The van der Waals surface area contributed by atoms with Crippen molar-refractivity contribution in [1.82, 2.24) is 0 Å². The zero-order chi connectivity index (χ0) is 13.0. The van der Waals surface area contributed by atoms with Gasteiger partial charge in [-0.3, -0.25) is 0 Å². The van der Waals surface area contributed by atoms with E-state index >= 15 is 0 Å². The van der Waals surface area contributed by atoms with Crippen LogP contribution >= 0.6 is 0 Å². The summed E-state index contributed by atoms with van der Waals surface area (Å²) in [6, 6.07) is 17.9. The highest BCUT2D eigenvalue weighted by molar-refractivity contribution is 5.65. The third kappa shape index (κ3) is 2.44. The first-order chi connectivity index (χ1) is 8.74. The third-order valence-electron chi connectivity index (χ3n) is 2.93. The second-order valence-electron chi connectivity index (χ2n) is 4.01. The normalized spacial score (nSPS) is 9.61. The van der Waals surface area contributed by atoms with Gasteiger partial charge in [-0.15, -0.1) is 0 Å². The molecule has 18 heavy (non-hydrogen) atoms. The zero-order valence-electron chi connectivity index (χ0n) is 10.5. The van der Waals surface area contributed by atoms with E-state index in [4.69, 9.17) is 5.26 Å². The first-order valence-electron chi connectivity index (χ1n) is 5.76. The number of hydrogen-bond donors (Lipinski definition) is 1. The van der Waals surface area contributed by atoms with Crippen LogP contribution in [0.4, 0.5) is 17.1 Å². The van der Waals surface area contributed by atoms with E-state index in [0.29, 0.717) is 5.56 Å². The minimum Gasteiger partial charge on any atom is -0.388 e. The molecule has 0 heterocycles. The van der Waals surface area contributed by atoms with Crippen molar-refractivity contribution in [3.8, 4) is 6.07 Å². The van der Waals surface area contributed by atoms with Gasteiger partial charge in [-0.05, 0) is 48.5 Å². The molecule has 3 heteroatoms. The van der Waals surface area contributed by atoms with Crippen molar-refractivity contribution >= 4 is 17.1 Å². The van der Waals surface area contributed by atoms with Crippen molar-refractivity contribution in [2.45, 2.75) is 0 Å². The summed E-state index contributed by atoms with van der Waals surface area (Å²) in [5.41, 5.74) is 3.94. The molecule has 0 bridgehead atoms. The highest BCUT2D eigenvalue weighted by atomic mass is 15.1. The maximum Gasteiger partial charge on any atom is 0.0991 e. The molecule has 0 spiro atoms. The Bertz CT molecular complexity index is 550. The van der Waals surface area contributed by atoms with Gasteiger partial charge in [0, 0.05) is 31.2 Å². The van der Waals surface area contributed by atoms with Crippen LogP contribution in [0.5, 0.6) is 0 Å². The molecule has 0 aliphatic rings. The van der Waals surface area contributed by atoms with Crippen LogP contribution in [0.1, 0.15) is 5.56 Å². The summed E-state index contributed by atoms with van der Waals surface area (Å²) in [4.78, 5) is 2.08. The Balaban J connectivity index is 2.23. The van der Waals surface area contributed by atoms with E-state index in [1.165, 1.54) is 0 Å². The Morgan fingerprint density at radius 2 is 1.44 bits per heavy atom. The number of rotatable bonds is 3. The van der Waals surface area contributed by atoms with Crippen LogP contribution < -0.4 is 10.2 Å². The van der Waals surface area contributed by atoms with Crippen LogP contribution in [0.15, 0.2) is 48.5 Å². The first-order valence-corrected chi connectivity index (χ1v) is 5.76. The van der Waals surface area contributed by atoms with E-state index in [-0.39, 0.29) is 0 Å². The molecule has 2 aromatic carbocycles. The maximum absolute atomic E-state index is 8.77. The lowest BCUT2D eigenvalue weighted by molar-refractivity contribution is 1.21. The van der Waals surface area contributed by atoms with Gasteiger partial charge in [-0.2, -0.15) is 5.26 Å². The molecular weight excluding hydrogens is 222 g/mol. The molecule has 0 fully saturated rings. The molecule has 0 unspecified atom stereocenters. The van der Waals surface area contributed by atoms with Gasteiger partial charge in [0.25, 0.3) is 0 Å². The second-order valence-corrected chi connectivity index (χ2v) is 4.01. The van der Waals surface area contributed by atoms with Gasteiger partial charge >= 0.3 is 0 Å². The first kappa shape index (κ1) is 12.0. The molecule has 0 aliphatic heterocycles. The van der Waals surface area contributed by atoms with Gasteiger partial charge in [-0.25, -0.2) is 0 Å². The van der Waals surface area contributed by atoms with Gasteiger partial charge in [-0.1, -0.05) is 0 Å². The van der Waals surface area contributed by atoms with Gasteiger partial charge in [0.05, 0.1) is 11.6 Å². The van der Waals surface area contributed by atoms with E-state index in [2.05, 4.69) is 28.4 Å². The largest absolute Gasteiger partial charge is 0.388 e. The van der Waals surface area contributed by atoms with Crippen molar-refractivity contribution < 1.29 is 0 Å². The molecule has 2 aromatic rings. The van der Waals surface area contributed by atoms with Gasteiger partial charge in [0.2, 0.25) is 0 Å². The predicted molar refractivity (Wildman–Crippen MR) is 75.2 cm³/mol. The van der Waals surface area contributed by atoms with Gasteiger partial charge in [0.15, 0.2) is 0 Å². The van der Waals surface area contributed by atoms with Crippen LogP contribution in [0.2, 0.25) is 0 Å². The van der Waals surface area contributed by atoms with E-state index in [1.807, 2.05) is 50.5 Å². The monoisotopic (exact) mass is 237 g/mol. The van der Waals surface area contributed by atoms with Crippen molar-refractivity contribution in [1.29, 1.82) is 5.26 Å². The van der Waals surface area contributed by atoms with Crippen LogP contribution in [-0.2, 0) is 0 Å². The van der Waals surface area contributed by atoms with Crippen LogP contribution in [0.3, 0.4) is 0 Å². The average Bonchev–Trinajstić information content (AvgIpc) is 2.47. The standard InChI is InChI=1S/C15H15N3/c1-17-13-5-9-15(10-6-13)18(2)14-7-3-12(11-16)4-8-14/h3-10,17H,1-2H3. The highest BCUT2D eigenvalue weighted by Gasteiger charge is 2.03. The lowest BCUT2D eigenvalue weighted by Crippen LogP contribution is -2.09. The van der Waals surface area contributed by atoms with Gasteiger partial charge in [0.1, 0.15) is 0 Å². The molecule has 0 amide bonds. The lowest BCUT2D eigenvalue weighted by Gasteiger charge is -2.19. The Labute approximate surface area is 107 Å². The van der Waals surface area contributed by atoms with Crippen LogP contribution in [0, 0.1) is 11.3 Å². The average molecular weight is 237 g/mol. The number of anilines is 3. The number of nitrogens with one attached hydrogen (secondary N) is 1. The van der Waals surface area contributed by atoms with Crippen molar-refractivity contribution in [2.75, 3.05) is 24.3 Å². The summed E-state index contributed by atoms with van der Waals surface area (Å²) >= 11 is 0. The molecular formula is C15H15N3. The van der Waals surface area contributed by atoms with Crippen molar-refractivity contribution in [3.05, 3.63) is 54.1 Å². The summed E-state index contributed by atoms with van der Waals surface area (Å²) in [6.07, 6.45) is 0. The molecule has 3 nitrogen and oxygen atoms in total. The second kappa shape index (κ2) is 5.24. The third-order valence-corrected chi connectivity index (χ3v) is 2.93. The molecule has 1 N–H and O–H groups in total. The fourth-order valence-corrected chi connectivity index (χ4v) is 1.76. The lowest BCUT2D eigenvalue weighted by atomic mass is 10.2. The molecule has 0 aliphatic carbocycles. The Morgan fingerprint density at radius 3 is 1.89 bits per heavy atom. The number of benzene rings is 2. The summed E-state index contributed by atoms with van der Waals surface area (Å²) < 4.78 is 0. The summed E-state index contributed by atoms with van der Waals surface area (Å²) in [7, 11) is 3.91. The molecule has 0 aromatic heterocycles. The fraction of sp³-hybridized carbons (Fsp3) is 0.133. The highest BCUT2D eigenvalue weighted by Crippen LogP contribution is 2.24. The summed E-state index contributed by atoms with van der Waals surface area (Å²) in [5, 5.41) is 11.9. The Hall–Kier alpha value is -2.47. The Kier molecular flexibility index (Phi) is 3.49. The smallest absolute Gasteiger partial charge is 0.0991 e. The molecule has 0 saturated heterocycles. The number of hydrogen-bond acceptors (Lipinski definition) is 3. The molecule has 0 saturated carbocycles. The van der Waals surface area contributed by atoms with E-state index in [0.717, 1.165) is 17.1 Å². The zero-order valence-corrected chi connectivity index (χ0v) is 10.5. The minimum atomic E-state index is 0.678. The van der Waals surface area contributed by atoms with E-state index < -0.39 is 0 Å². The molecule has 0 atom stereocenters. The minimum absolute atomic E-state index is 0.678. The van der Waals surface area contributed by atoms with Crippen LogP contribution in [-0.4, -0.2) is 14.1 Å². The SMILES string of the molecule is CNc1ccc(N(C)c2ccc(C#N)cc2)cc1. The molecule has 90 valence electrons. The van der Waals surface area contributed by atoms with Crippen molar-refractivity contribution in [3.63, 3.8) is 0 Å². The predicted octanol–water partition coefficient (Wildman–Crippen LogP) is 3.37. The van der Waals surface area contributed by atoms with Crippen LogP contribution in [0.25, 0.3) is 0 Å². The number of nitrogens with zero attached hydrogens (tertiary/aromatic N) is 2. The molecule has 0 radical (unpaired) electrons. The van der Waals surface area contributed by atoms with Gasteiger partial charge < -0.3 is 10.2 Å². The maximum atomic E-state index is 8.77. The fourth-order valence-electron chi connectivity index (χ4n) is 1.76. The summed E-state index contributed by atoms with van der Waals surface area (Å²) in [5.74, 6) is 0.